The van der Waals surface area contributed by atoms with E-state index in [1.54, 1.807) is 6.20 Å². The number of aromatic nitrogens is 2. The topological polar surface area (TPSA) is 46.9 Å². The van der Waals surface area contributed by atoms with Crippen molar-refractivity contribution in [3.05, 3.63) is 53.6 Å². The third-order valence-corrected chi connectivity index (χ3v) is 4.90. The van der Waals surface area contributed by atoms with Gasteiger partial charge in [-0.1, -0.05) is 18.6 Å². The fourth-order valence-corrected chi connectivity index (χ4v) is 3.51. The van der Waals surface area contributed by atoms with Crippen LogP contribution in [0.4, 0.5) is 4.39 Å². The lowest BCUT2D eigenvalue weighted by atomic mass is 9.94. The van der Waals surface area contributed by atoms with Gasteiger partial charge in [-0.15, -0.1) is 0 Å². The summed E-state index contributed by atoms with van der Waals surface area (Å²) in [5, 5.41) is 7.39. The Hall–Kier alpha value is -2.17. The molecule has 1 aliphatic carbocycles. The van der Waals surface area contributed by atoms with E-state index in [0.29, 0.717) is 18.9 Å². The number of benzene rings is 1. The molecule has 2 aromatic rings. The van der Waals surface area contributed by atoms with E-state index >= 15 is 0 Å². The minimum atomic E-state index is -0.205. The first-order valence-electron chi connectivity index (χ1n) is 8.64. The smallest absolute Gasteiger partial charge is 0.222 e. The molecule has 1 aromatic heterocycles. The molecule has 1 fully saturated rings. The molecule has 0 bridgehead atoms. The van der Waals surface area contributed by atoms with Crippen molar-refractivity contribution in [1.82, 2.24) is 15.1 Å². The number of aryl methyl sites for hydroxylation is 2. The predicted octanol–water partition coefficient (Wildman–Crippen LogP) is 3.25. The number of rotatable bonds is 6. The molecule has 1 amide bonds. The van der Waals surface area contributed by atoms with E-state index in [-0.39, 0.29) is 17.8 Å². The summed E-state index contributed by atoms with van der Waals surface area (Å²) >= 11 is 0. The van der Waals surface area contributed by atoms with E-state index in [4.69, 9.17) is 0 Å². The second-order valence-corrected chi connectivity index (χ2v) is 6.64. The van der Waals surface area contributed by atoms with Gasteiger partial charge in [0.1, 0.15) is 5.82 Å². The Morgan fingerprint density at radius 1 is 1.29 bits per heavy atom. The summed E-state index contributed by atoms with van der Waals surface area (Å²) in [7, 11) is 0. The lowest BCUT2D eigenvalue weighted by Crippen LogP contribution is -2.38. The first kappa shape index (κ1) is 16.7. The van der Waals surface area contributed by atoms with Gasteiger partial charge >= 0.3 is 0 Å². The number of carbonyl (C=O) groups excluding carboxylic acids is 1. The van der Waals surface area contributed by atoms with Crippen LogP contribution in [0.3, 0.4) is 0 Å². The number of hydrogen-bond acceptors (Lipinski definition) is 2. The molecule has 1 heterocycles. The Bertz CT molecular complexity index is 680. The maximum absolute atomic E-state index is 13.0. The van der Waals surface area contributed by atoms with Gasteiger partial charge < -0.3 is 5.32 Å². The average molecular weight is 329 g/mol. The Morgan fingerprint density at radius 3 is 2.79 bits per heavy atom. The van der Waals surface area contributed by atoms with Crippen LogP contribution in [0.5, 0.6) is 0 Å². The van der Waals surface area contributed by atoms with Gasteiger partial charge in [-0.05, 0) is 55.9 Å². The Balaban J connectivity index is 1.50. The van der Waals surface area contributed by atoms with Crippen molar-refractivity contribution in [1.29, 1.82) is 0 Å². The van der Waals surface area contributed by atoms with Gasteiger partial charge in [0.05, 0.1) is 0 Å². The van der Waals surface area contributed by atoms with Gasteiger partial charge in [-0.3, -0.25) is 9.48 Å². The second-order valence-electron chi connectivity index (χ2n) is 6.64. The highest BCUT2D eigenvalue weighted by atomic mass is 19.1. The Labute approximate surface area is 142 Å². The molecular formula is C19H24FN3O. The van der Waals surface area contributed by atoms with Crippen molar-refractivity contribution in [2.75, 3.05) is 0 Å². The standard InChI is InChI=1S/C19H24FN3O/c1-14-9-11-21-23(14)12-10-19(24)22-18-4-2-3-16(18)13-15-5-7-17(20)8-6-15/h5-9,11,16,18H,2-4,10,12-13H2,1H3,(H,22,24)/t16-,18-/m0/s1. The van der Waals surface area contributed by atoms with Gasteiger partial charge in [-0.2, -0.15) is 5.10 Å². The highest BCUT2D eigenvalue weighted by Gasteiger charge is 2.28. The van der Waals surface area contributed by atoms with Crippen molar-refractivity contribution < 1.29 is 9.18 Å². The highest BCUT2D eigenvalue weighted by Crippen LogP contribution is 2.29. The van der Waals surface area contributed by atoms with Crippen molar-refractivity contribution in [3.63, 3.8) is 0 Å². The molecule has 4 nitrogen and oxygen atoms in total. The molecule has 24 heavy (non-hydrogen) atoms. The minimum Gasteiger partial charge on any atom is -0.353 e. The van der Waals surface area contributed by atoms with Crippen molar-refractivity contribution in [2.24, 2.45) is 5.92 Å². The molecule has 0 saturated heterocycles. The molecule has 1 N–H and O–H groups in total. The zero-order valence-electron chi connectivity index (χ0n) is 14.0. The zero-order valence-corrected chi connectivity index (χ0v) is 14.0. The molecule has 2 atom stereocenters. The van der Waals surface area contributed by atoms with Crippen LogP contribution in [-0.4, -0.2) is 21.7 Å². The lowest BCUT2D eigenvalue weighted by Gasteiger charge is -2.21. The van der Waals surface area contributed by atoms with Gasteiger partial charge in [0, 0.05) is 30.9 Å². The molecule has 128 valence electrons. The van der Waals surface area contributed by atoms with Gasteiger partial charge in [0.15, 0.2) is 0 Å². The van der Waals surface area contributed by atoms with Crippen LogP contribution in [0.15, 0.2) is 36.5 Å². The number of amides is 1. The summed E-state index contributed by atoms with van der Waals surface area (Å²) in [6.45, 7) is 2.60. The Morgan fingerprint density at radius 2 is 2.08 bits per heavy atom. The van der Waals surface area contributed by atoms with Crippen LogP contribution in [-0.2, 0) is 17.8 Å². The van der Waals surface area contributed by atoms with E-state index in [1.165, 1.54) is 12.1 Å². The van der Waals surface area contributed by atoms with E-state index in [0.717, 1.165) is 36.9 Å². The maximum Gasteiger partial charge on any atom is 0.222 e. The number of nitrogens with one attached hydrogen (secondary N) is 1. The first-order chi connectivity index (χ1) is 11.6. The van der Waals surface area contributed by atoms with E-state index < -0.39 is 0 Å². The summed E-state index contributed by atoms with van der Waals surface area (Å²) in [6, 6.07) is 8.85. The van der Waals surface area contributed by atoms with Gasteiger partial charge in [-0.25, -0.2) is 4.39 Å². The summed E-state index contributed by atoms with van der Waals surface area (Å²) in [4.78, 5) is 12.2. The SMILES string of the molecule is Cc1ccnn1CCC(=O)N[C@H]1CCC[C@H]1Cc1ccc(F)cc1. The molecule has 0 aliphatic heterocycles. The number of halogens is 1. The van der Waals surface area contributed by atoms with Crippen molar-refractivity contribution in [3.8, 4) is 0 Å². The van der Waals surface area contributed by atoms with Crippen LogP contribution in [0.25, 0.3) is 0 Å². The van der Waals surface area contributed by atoms with E-state index in [9.17, 15) is 9.18 Å². The molecule has 1 saturated carbocycles. The number of hydrogen-bond donors (Lipinski definition) is 1. The molecule has 3 rings (SSSR count). The number of nitrogens with zero attached hydrogens (tertiary/aromatic N) is 2. The maximum atomic E-state index is 13.0. The summed E-state index contributed by atoms with van der Waals surface area (Å²) < 4.78 is 14.9. The quantitative estimate of drug-likeness (QED) is 0.884. The van der Waals surface area contributed by atoms with Crippen LogP contribution in [0, 0.1) is 18.7 Å². The molecule has 0 spiro atoms. The summed E-state index contributed by atoms with van der Waals surface area (Å²) in [6.07, 6.45) is 6.36. The van der Waals surface area contributed by atoms with Crippen LogP contribution >= 0.6 is 0 Å². The average Bonchev–Trinajstić information content (AvgIpc) is 3.17. The van der Waals surface area contributed by atoms with Gasteiger partial charge in [0.2, 0.25) is 5.91 Å². The fourth-order valence-electron chi connectivity index (χ4n) is 3.51. The molecule has 5 heteroatoms. The van der Waals surface area contributed by atoms with Crippen LogP contribution in [0.2, 0.25) is 0 Å². The van der Waals surface area contributed by atoms with Crippen molar-refractivity contribution in [2.45, 2.75) is 51.6 Å². The zero-order chi connectivity index (χ0) is 16.9. The third kappa shape index (κ3) is 4.22. The largest absolute Gasteiger partial charge is 0.353 e. The predicted molar refractivity (Wildman–Crippen MR) is 91.0 cm³/mol. The molecule has 1 aliphatic rings. The fraction of sp³-hybridized carbons (Fsp3) is 0.474. The molecule has 0 radical (unpaired) electrons. The van der Waals surface area contributed by atoms with E-state index in [1.807, 2.05) is 29.8 Å². The third-order valence-electron chi connectivity index (χ3n) is 4.90. The normalized spacial score (nSPS) is 20.2. The Kier molecular flexibility index (Phi) is 5.28. The monoisotopic (exact) mass is 329 g/mol. The highest BCUT2D eigenvalue weighted by molar-refractivity contribution is 5.76. The van der Waals surface area contributed by atoms with Crippen LogP contribution in [0.1, 0.15) is 36.9 Å². The second kappa shape index (κ2) is 7.60. The first-order valence-corrected chi connectivity index (χ1v) is 8.64. The lowest BCUT2D eigenvalue weighted by molar-refractivity contribution is -0.122. The molecular weight excluding hydrogens is 305 g/mol. The molecule has 1 aromatic carbocycles. The minimum absolute atomic E-state index is 0.0842. The van der Waals surface area contributed by atoms with Crippen LogP contribution < -0.4 is 5.32 Å². The summed E-state index contributed by atoms with van der Waals surface area (Å²) in [5.41, 5.74) is 2.20. The van der Waals surface area contributed by atoms with Gasteiger partial charge in [0.25, 0.3) is 0 Å². The van der Waals surface area contributed by atoms with E-state index in [2.05, 4.69) is 10.4 Å². The number of carbonyl (C=O) groups is 1. The van der Waals surface area contributed by atoms with Crippen molar-refractivity contribution >= 4 is 5.91 Å². The summed E-state index contributed by atoms with van der Waals surface area (Å²) in [5.74, 6) is 0.315. The molecule has 0 unspecified atom stereocenters.